The number of benzene rings is 1. The lowest BCUT2D eigenvalue weighted by Crippen LogP contribution is -2.39. The van der Waals surface area contributed by atoms with E-state index >= 15 is 0 Å². The fraction of sp³-hybridized carbons (Fsp3) is 0.300. The van der Waals surface area contributed by atoms with Crippen molar-refractivity contribution in [2.75, 3.05) is 19.8 Å². The van der Waals surface area contributed by atoms with Crippen LogP contribution in [0, 0.1) is 0 Å². The van der Waals surface area contributed by atoms with Gasteiger partial charge in [0.05, 0.1) is 24.2 Å². The van der Waals surface area contributed by atoms with Crippen LogP contribution in [-0.2, 0) is 16.4 Å². The summed E-state index contributed by atoms with van der Waals surface area (Å²) in [7, 11) is -3.69. The van der Waals surface area contributed by atoms with Gasteiger partial charge in [0.25, 0.3) is 0 Å². The monoisotopic (exact) mass is 433 g/mol. The fourth-order valence-corrected chi connectivity index (χ4v) is 7.16. The van der Waals surface area contributed by atoms with E-state index in [1.807, 2.05) is 17.5 Å². The number of rotatable bonds is 3. The van der Waals surface area contributed by atoms with E-state index in [0.717, 1.165) is 23.3 Å². The van der Waals surface area contributed by atoms with Crippen LogP contribution in [-0.4, -0.2) is 32.5 Å². The zero-order valence-corrected chi connectivity index (χ0v) is 17.5. The molecule has 5 nitrogen and oxygen atoms in total. The highest BCUT2D eigenvalue weighted by molar-refractivity contribution is 7.89. The van der Waals surface area contributed by atoms with Gasteiger partial charge in [-0.2, -0.15) is 4.31 Å². The van der Waals surface area contributed by atoms with Gasteiger partial charge in [0.2, 0.25) is 10.0 Å². The Bertz CT molecular complexity index is 1090. The highest BCUT2D eigenvalue weighted by Crippen LogP contribution is 2.43. The van der Waals surface area contributed by atoms with Crippen molar-refractivity contribution in [3.05, 3.63) is 62.5 Å². The molecule has 0 N–H and O–H groups in total. The molecule has 0 saturated heterocycles. The van der Waals surface area contributed by atoms with Gasteiger partial charge in [-0.05, 0) is 47.0 Å². The first-order chi connectivity index (χ1) is 13.6. The molecular weight excluding hydrogens is 414 g/mol. The van der Waals surface area contributed by atoms with Gasteiger partial charge in [-0.15, -0.1) is 22.7 Å². The Hall–Kier alpha value is -1.87. The molecule has 0 unspecified atom stereocenters. The minimum Gasteiger partial charge on any atom is -0.490 e. The predicted octanol–water partition coefficient (Wildman–Crippen LogP) is 4.31. The average Bonchev–Trinajstić information content (AvgIpc) is 3.34. The molecular formula is C20H19NO4S3. The van der Waals surface area contributed by atoms with E-state index in [-0.39, 0.29) is 10.9 Å². The van der Waals surface area contributed by atoms with Crippen molar-refractivity contribution in [1.29, 1.82) is 0 Å². The third kappa shape index (κ3) is 3.04. The number of ether oxygens (including phenoxy) is 2. The Morgan fingerprint density at radius 3 is 2.68 bits per heavy atom. The normalized spacial score (nSPS) is 19.8. The number of hydrogen-bond donors (Lipinski definition) is 0. The van der Waals surface area contributed by atoms with E-state index in [1.54, 1.807) is 45.2 Å². The summed E-state index contributed by atoms with van der Waals surface area (Å²) in [4.78, 5) is 2.55. The summed E-state index contributed by atoms with van der Waals surface area (Å²) in [6, 6.07) is 10.7. The van der Waals surface area contributed by atoms with Crippen LogP contribution in [0.15, 0.2) is 52.1 Å². The maximum atomic E-state index is 13.6. The smallest absolute Gasteiger partial charge is 0.244 e. The second kappa shape index (κ2) is 7.18. The topological polar surface area (TPSA) is 55.8 Å². The number of nitrogens with zero attached hydrogens (tertiary/aromatic N) is 1. The molecule has 3 aromatic rings. The van der Waals surface area contributed by atoms with E-state index in [4.69, 9.17) is 9.47 Å². The van der Waals surface area contributed by atoms with Crippen LogP contribution in [0.2, 0.25) is 0 Å². The van der Waals surface area contributed by atoms with E-state index in [1.165, 1.54) is 4.88 Å². The highest BCUT2D eigenvalue weighted by Gasteiger charge is 2.38. The standard InChI is InChI=1S/C20H19NO4S3/c22-28(23,14-4-5-16-17(13-14)25-10-2-9-24-16)21-8-6-18-15(7-12-27-18)20(21)19-3-1-11-26-19/h1,3-5,7,11-13,20H,2,6,8-10H2/t20-/m0/s1. The van der Waals surface area contributed by atoms with Crippen molar-refractivity contribution >= 4 is 32.7 Å². The number of fused-ring (bicyclic) bond motifs is 2. The molecule has 1 atom stereocenters. The van der Waals surface area contributed by atoms with Crippen LogP contribution in [0.3, 0.4) is 0 Å². The molecule has 0 radical (unpaired) electrons. The van der Waals surface area contributed by atoms with Gasteiger partial charge in [0.1, 0.15) is 0 Å². The molecule has 0 fully saturated rings. The van der Waals surface area contributed by atoms with Gasteiger partial charge in [0.15, 0.2) is 11.5 Å². The molecule has 146 valence electrons. The highest BCUT2D eigenvalue weighted by atomic mass is 32.2. The van der Waals surface area contributed by atoms with Crippen molar-refractivity contribution in [1.82, 2.24) is 4.31 Å². The molecule has 2 aromatic heterocycles. The summed E-state index contributed by atoms with van der Waals surface area (Å²) in [5.74, 6) is 1.10. The lowest BCUT2D eigenvalue weighted by molar-refractivity contribution is 0.296. The van der Waals surface area contributed by atoms with Gasteiger partial charge < -0.3 is 9.47 Å². The summed E-state index contributed by atoms with van der Waals surface area (Å²) >= 11 is 3.29. The average molecular weight is 434 g/mol. The van der Waals surface area contributed by atoms with Gasteiger partial charge in [0, 0.05) is 28.8 Å². The number of sulfonamides is 1. The maximum absolute atomic E-state index is 13.6. The third-order valence-corrected chi connectivity index (χ3v) is 8.84. The molecule has 2 aliphatic rings. The number of hydrogen-bond acceptors (Lipinski definition) is 6. The summed E-state index contributed by atoms with van der Waals surface area (Å²) < 4.78 is 40.3. The second-order valence-corrected chi connectivity index (χ2v) is 10.6. The van der Waals surface area contributed by atoms with Crippen LogP contribution in [0.25, 0.3) is 0 Å². The molecule has 4 heterocycles. The van der Waals surface area contributed by atoms with E-state index < -0.39 is 10.0 Å². The molecule has 0 aliphatic carbocycles. The second-order valence-electron chi connectivity index (χ2n) is 6.74. The fourth-order valence-electron chi connectivity index (χ4n) is 3.73. The Morgan fingerprint density at radius 2 is 1.86 bits per heavy atom. The zero-order chi connectivity index (χ0) is 19.1. The molecule has 5 rings (SSSR count). The summed E-state index contributed by atoms with van der Waals surface area (Å²) in [5, 5.41) is 4.04. The third-order valence-electron chi connectivity index (χ3n) is 5.06. The van der Waals surface area contributed by atoms with Gasteiger partial charge >= 0.3 is 0 Å². The Labute approximate surface area is 172 Å². The van der Waals surface area contributed by atoms with E-state index in [0.29, 0.717) is 31.3 Å². The summed E-state index contributed by atoms with van der Waals surface area (Å²) in [6.07, 6.45) is 1.52. The first kappa shape index (κ1) is 18.2. The van der Waals surface area contributed by atoms with Crippen LogP contribution < -0.4 is 9.47 Å². The van der Waals surface area contributed by atoms with E-state index in [9.17, 15) is 8.42 Å². The minimum atomic E-state index is -3.69. The summed E-state index contributed by atoms with van der Waals surface area (Å²) in [5.41, 5.74) is 1.09. The molecule has 0 amide bonds. The van der Waals surface area contributed by atoms with Crippen LogP contribution in [0.1, 0.15) is 27.8 Å². The molecule has 1 aromatic carbocycles. The largest absolute Gasteiger partial charge is 0.490 e. The van der Waals surface area contributed by atoms with Crippen LogP contribution in [0.5, 0.6) is 11.5 Å². The SMILES string of the molecule is O=S(=O)(c1ccc2c(c1)OCCCO2)N1CCc2sccc2[C@H]1c1cccs1. The van der Waals surface area contributed by atoms with Crippen molar-refractivity contribution in [3.8, 4) is 11.5 Å². The molecule has 8 heteroatoms. The predicted molar refractivity (Wildman–Crippen MR) is 110 cm³/mol. The molecule has 28 heavy (non-hydrogen) atoms. The number of thiophene rings is 2. The zero-order valence-electron chi connectivity index (χ0n) is 15.0. The van der Waals surface area contributed by atoms with Crippen LogP contribution in [0.4, 0.5) is 0 Å². The summed E-state index contributed by atoms with van der Waals surface area (Å²) in [6.45, 7) is 1.57. The van der Waals surface area contributed by atoms with Crippen LogP contribution >= 0.6 is 22.7 Å². The Balaban J connectivity index is 1.58. The van der Waals surface area contributed by atoms with Crippen molar-refractivity contribution in [2.45, 2.75) is 23.8 Å². The van der Waals surface area contributed by atoms with Crippen molar-refractivity contribution < 1.29 is 17.9 Å². The molecule has 0 spiro atoms. The van der Waals surface area contributed by atoms with E-state index in [2.05, 4.69) is 11.4 Å². The lowest BCUT2D eigenvalue weighted by atomic mass is 10.0. The van der Waals surface area contributed by atoms with Gasteiger partial charge in [-0.25, -0.2) is 8.42 Å². The maximum Gasteiger partial charge on any atom is 0.244 e. The van der Waals surface area contributed by atoms with Crippen molar-refractivity contribution in [3.63, 3.8) is 0 Å². The van der Waals surface area contributed by atoms with Crippen molar-refractivity contribution in [2.24, 2.45) is 0 Å². The lowest BCUT2D eigenvalue weighted by Gasteiger charge is -2.34. The first-order valence-corrected chi connectivity index (χ1v) is 12.4. The van der Waals surface area contributed by atoms with Gasteiger partial charge in [-0.1, -0.05) is 6.07 Å². The quantitative estimate of drug-likeness (QED) is 0.618. The molecule has 0 saturated carbocycles. The molecule has 2 aliphatic heterocycles. The molecule has 0 bridgehead atoms. The Morgan fingerprint density at radius 1 is 1.00 bits per heavy atom. The minimum absolute atomic E-state index is 0.247. The van der Waals surface area contributed by atoms with Gasteiger partial charge in [-0.3, -0.25) is 0 Å². The first-order valence-electron chi connectivity index (χ1n) is 9.16. The Kier molecular flexibility index (Phi) is 4.66.